The van der Waals surface area contributed by atoms with E-state index in [-0.39, 0.29) is 18.1 Å². The number of halogens is 1. The fourth-order valence-electron chi connectivity index (χ4n) is 2.62. The summed E-state index contributed by atoms with van der Waals surface area (Å²) in [6.45, 7) is -0.244. The molecular weight excluding hydrogens is 396 g/mol. The lowest BCUT2D eigenvalue weighted by molar-refractivity contribution is -0.124. The molecule has 0 radical (unpaired) electrons. The topological polar surface area (TPSA) is 111 Å². The normalized spacial score (nSPS) is 18.3. The highest BCUT2D eigenvalue weighted by Gasteiger charge is 2.28. The number of benzene rings is 1. The summed E-state index contributed by atoms with van der Waals surface area (Å²) in [7, 11) is -0.123. The zero-order valence-electron chi connectivity index (χ0n) is 15.0. The Bertz CT molecular complexity index is 853. The molecule has 10 heteroatoms. The molecule has 0 aliphatic carbocycles. The van der Waals surface area contributed by atoms with Crippen LogP contribution in [0, 0.1) is 0 Å². The molecule has 2 amide bonds. The first-order valence-electron chi connectivity index (χ1n) is 8.11. The summed E-state index contributed by atoms with van der Waals surface area (Å²) in [5.74, 6) is -0.0847. The monoisotopic (exact) mass is 416 g/mol. The third-order valence-corrected chi connectivity index (χ3v) is 5.95. The van der Waals surface area contributed by atoms with Gasteiger partial charge in [-0.3, -0.25) is 9.59 Å². The second-order valence-corrected chi connectivity index (χ2v) is 8.59. The molecule has 1 fully saturated rings. The largest absolute Gasteiger partial charge is 0.493 e. The number of sulfone groups is 1. The number of hydrogen-bond donors (Lipinski definition) is 2. The van der Waals surface area contributed by atoms with Gasteiger partial charge in [0.05, 0.1) is 37.3 Å². The Hall–Kier alpha value is -2.26. The molecule has 2 rings (SSSR count). The summed E-state index contributed by atoms with van der Waals surface area (Å²) in [6.07, 6.45) is 3.16. The van der Waals surface area contributed by atoms with Crippen LogP contribution in [0.2, 0.25) is 5.02 Å². The fourth-order valence-corrected chi connectivity index (χ4v) is 4.59. The van der Waals surface area contributed by atoms with Crippen molar-refractivity contribution in [2.24, 2.45) is 0 Å². The van der Waals surface area contributed by atoms with E-state index in [4.69, 9.17) is 21.1 Å². The van der Waals surface area contributed by atoms with Gasteiger partial charge in [0, 0.05) is 12.1 Å². The molecule has 1 unspecified atom stereocenters. The van der Waals surface area contributed by atoms with Crippen molar-refractivity contribution in [1.82, 2.24) is 10.6 Å². The number of hydrogen-bond acceptors (Lipinski definition) is 6. The van der Waals surface area contributed by atoms with Crippen molar-refractivity contribution >= 4 is 39.3 Å². The van der Waals surface area contributed by atoms with Gasteiger partial charge < -0.3 is 20.1 Å². The average molecular weight is 417 g/mol. The van der Waals surface area contributed by atoms with E-state index >= 15 is 0 Å². The first-order chi connectivity index (χ1) is 12.7. The number of carbonyl (C=O) groups excluding carboxylic acids is 2. The number of amides is 2. The Balaban J connectivity index is 1.86. The smallest absolute Gasteiger partial charge is 0.244 e. The van der Waals surface area contributed by atoms with Gasteiger partial charge in [0.1, 0.15) is 0 Å². The molecule has 1 saturated heterocycles. The first kappa shape index (κ1) is 21.0. The Labute approximate surface area is 162 Å². The second kappa shape index (κ2) is 9.09. The third kappa shape index (κ3) is 6.14. The summed E-state index contributed by atoms with van der Waals surface area (Å²) in [4.78, 5) is 23.7. The highest BCUT2D eigenvalue weighted by atomic mass is 35.5. The maximum atomic E-state index is 11.9. The highest BCUT2D eigenvalue weighted by molar-refractivity contribution is 7.91. The van der Waals surface area contributed by atoms with E-state index in [1.807, 2.05) is 0 Å². The average Bonchev–Trinajstić information content (AvgIpc) is 2.95. The molecule has 1 aliphatic heterocycles. The lowest BCUT2D eigenvalue weighted by atomic mass is 10.2. The minimum absolute atomic E-state index is 0.0628. The van der Waals surface area contributed by atoms with Crippen molar-refractivity contribution in [3.05, 3.63) is 28.8 Å². The second-order valence-electron chi connectivity index (χ2n) is 5.96. The fraction of sp³-hybridized carbons (Fsp3) is 0.412. The van der Waals surface area contributed by atoms with Crippen molar-refractivity contribution in [2.45, 2.75) is 12.5 Å². The summed E-state index contributed by atoms with van der Waals surface area (Å²) in [5, 5.41) is 5.37. The number of methoxy groups -OCH3 is 2. The number of carbonyl (C=O) groups is 2. The summed E-state index contributed by atoms with van der Waals surface area (Å²) in [6, 6.07) is 2.87. The van der Waals surface area contributed by atoms with Gasteiger partial charge in [-0.1, -0.05) is 11.6 Å². The molecule has 1 atom stereocenters. The van der Waals surface area contributed by atoms with Crippen LogP contribution in [0.5, 0.6) is 11.5 Å². The van der Waals surface area contributed by atoms with Crippen LogP contribution < -0.4 is 20.1 Å². The molecule has 0 saturated carbocycles. The molecule has 0 aromatic heterocycles. The van der Waals surface area contributed by atoms with Gasteiger partial charge in [0.2, 0.25) is 11.8 Å². The van der Waals surface area contributed by atoms with Crippen LogP contribution in [0.25, 0.3) is 6.08 Å². The predicted molar refractivity (Wildman–Crippen MR) is 102 cm³/mol. The third-order valence-electron chi connectivity index (χ3n) is 3.90. The zero-order chi connectivity index (χ0) is 20.0. The minimum atomic E-state index is -3.07. The summed E-state index contributed by atoms with van der Waals surface area (Å²) in [5.41, 5.74) is 0.619. The zero-order valence-corrected chi connectivity index (χ0v) is 16.5. The first-order valence-corrected chi connectivity index (χ1v) is 10.3. The van der Waals surface area contributed by atoms with E-state index in [1.54, 1.807) is 12.1 Å². The summed E-state index contributed by atoms with van der Waals surface area (Å²) >= 11 is 6.10. The summed E-state index contributed by atoms with van der Waals surface area (Å²) < 4.78 is 33.0. The number of rotatable bonds is 7. The molecular formula is C17H21ClN2O6S. The van der Waals surface area contributed by atoms with Crippen LogP contribution in [-0.4, -0.2) is 58.5 Å². The highest BCUT2D eigenvalue weighted by Crippen LogP contribution is 2.36. The molecule has 1 aromatic rings. The minimum Gasteiger partial charge on any atom is -0.493 e. The Kier molecular flexibility index (Phi) is 7.09. The van der Waals surface area contributed by atoms with Crippen molar-refractivity contribution in [1.29, 1.82) is 0 Å². The van der Waals surface area contributed by atoms with Crippen molar-refractivity contribution in [3.63, 3.8) is 0 Å². The molecule has 0 bridgehead atoms. The molecule has 8 nitrogen and oxygen atoms in total. The van der Waals surface area contributed by atoms with Crippen LogP contribution >= 0.6 is 11.6 Å². The van der Waals surface area contributed by atoms with E-state index in [1.165, 1.54) is 26.4 Å². The number of ether oxygens (including phenoxy) is 2. The quantitative estimate of drug-likeness (QED) is 0.636. The number of nitrogens with one attached hydrogen (secondary N) is 2. The van der Waals surface area contributed by atoms with Crippen molar-refractivity contribution in [2.75, 3.05) is 32.3 Å². The van der Waals surface area contributed by atoms with E-state index in [9.17, 15) is 18.0 Å². The van der Waals surface area contributed by atoms with Crippen LogP contribution in [0.15, 0.2) is 18.2 Å². The van der Waals surface area contributed by atoms with Gasteiger partial charge in [-0.05, 0) is 30.2 Å². The van der Waals surface area contributed by atoms with Crippen LogP contribution in [0.1, 0.15) is 12.0 Å². The van der Waals surface area contributed by atoms with Gasteiger partial charge in [0.25, 0.3) is 0 Å². The Morgan fingerprint density at radius 1 is 1.30 bits per heavy atom. The van der Waals surface area contributed by atoms with Crippen molar-refractivity contribution < 1.29 is 27.5 Å². The molecule has 1 heterocycles. The lowest BCUT2D eigenvalue weighted by Gasteiger charge is -2.11. The van der Waals surface area contributed by atoms with Gasteiger partial charge in [-0.15, -0.1) is 0 Å². The van der Waals surface area contributed by atoms with E-state index in [0.29, 0.717) is 28.5 Å². The van der Waals surface area contributed by atoms with E-state index in [2.05, 4.69) is 10.6 Å². The molecule has 148 valence electrons. The Morgan fingerprint density at radius 3 is 2.63 bits per heavy atom. The van der Waals surface area contributed by atoms with Crippen LogP contribution in [-0.2, 0) is 19.4 Å². The van der Waals surface area contributed by atoms with E-state index < -0.39 is 27.7 Å². The molecule has 27 heavy (non-hydrogen) atoms. The SMILES string of the molecule is COc1cc(C=CC(=O)NCC(=O)NC2CCS(=O)(=O)C2)cc(Cl)c1OC. The van der Waals surface area contributed by atoms with Crippen molar-refractivity contribution in [3.8, 4) is 11.5 Å². The van der Waals surface area contributed by atoms with Gasteiger partial charge in [-0.2, -0.15) is 0 Å². The van der Waals surface area contributed by atoms with Gasteiger partial charge in [-0.25, -0.2) is 8.42 Å². The molecule has 1 aromatic carbocycles. The predicted octanol–water partition coefficient (Wildman–Crippen LogP) is 0.790. The van der Waals surface area contributed by atoms with Gasteiger partial charge >= 0.3 is 0 Å². The standard InChI is InChI=1S/C17H21ClN2O6S/c1-25-14-8-11(7-13(18)17(14)26-2)3-4-15(21)19-9-16(22)20-12-5-6-27(23,24)10-12/h3-4,7-8,12H,5-6,9-10H2,1-2H3,(H,19,21)(H,20,22). The maximum absolute atomic E-state index is 11.9. The molecule has 0 spiro atoms. The molecule has 1 aliphatic rings. The Morgan fingerprint density at radius 2 is 2.04 bits per heavy atom. The van der Waals surface area contributed by atoms with Crippen LogP contribution in [0.4, 0.5) is 0 Å². The van der Waals surface area contributed by atoms with E-state index in [0.717, 1.165) is 0 Å². The van der Waals surface area contributed by atoms with Gasteiger partial charge in [0.15, 0.2) is 21.3 Å². The van der Waals surface area contributed by atoms with Crippen LogP contribution in [0.3, 0.4) is 0 Å². The maximum Gasteiger partial charge on any atom is 0.244 e. The molecule has 2 N–H and O–H groups in total. The lowest BCUT2D eigenvalue weighted by Crippen LogP contribution is -2.42.